The molecule has 158 valence electrons. The van der Waals surface area contributed by atoms with E-state index in [4.69, 9.17) is 13.7 Å². The molecule has 1 N–H and O–H groups in total. The summed E-state index contributed by atoms with van der Waals surface area (Å²) in [6, 6.07) is 9.78. The molecule has 0 unspecified atom stereocenters. The van der Waals surface area contributed by atoms with Crippen LogP contribution in [0, 0.1) is 19.7 Å². The Morgan fingerprint density at radius 2 is 1.94 bits per heavy atom. The number of allylic oxidation sites excluding steroid dienone is 1. The van der Waals surface area contributed by atoms with Crippen LogP contribution < -0.4 is 10.1 Å². The van der Waals surface area contributed by atoms with Crippen LogP contribution in [0.1, 0.15) is 23.8 Å². The molecule has 0 bridgehead atoms. The van der Waals surface area contributed by atoms with Gasteiger partial charge in [0.05, 0.1) is 13.4 Å². The fraction of sp³-hybridized carbons (Fsp3) is 0.167. The number of aromatic nitrogens is 1. The van der Waals surface area contributed by atoms with E-state index in [2.05, 4.69) is 10.5 Å². The Labute approximate surface area is 178 Å². The van der Waals surface area contributed by atoms with Gasteiger partial charge >= 0.3 is 0 Å². The van der Waals surface area contributed by atoms with Crippen LogP contribution in [-0.2, 0) is 4.79 Å². The monoisotopic (exact) mass is 420 g/mol. The first-order chi connectivity index (χ1) is 14.9. The van der Waals surface area contributed by atoms with Gasteiger partial charge in [-0.25, -0.2) is 4.39 Å². The molecule has 0 saturated heterocycles. The summed E-state index contributed by atoms with van der Waals surface area (Å²) in [6.07, 6.45) is 3.12. The number of methoxy groups -OCH3 is 1. The number of amides is 1. The highest BCUT2D eigenvalue weighted by Gasteiger charge is 2.19. The zero-order valence-corrected chi connectivity index (χ0v) is 17.6. The van der Waals surface area contributed by atoms with E-state index in [0.717, 1.165) is 27.6 Å². The molecule has 2 aromatic heterocycles. The lowest BCUT2D eigenvalue weighted by atomic mass is 9.96. The lowest BCUT2D eigenvalue weighted by Crippen LogP contribution is -2.09. The van der Waals surface area contributed by atoms with Crippen LogP contribution >= 0.6 is 0 Å². The van der Waals surface area contributed by atoms with Gasteiger partial charge in [-0.15, -0.1) is 0 Å². The van der Waals surface area contributed by atoms with Crippen molar-refractivity contribution in [3.63, 3.8) is 0 Å². The number of ether oxygens (including phenoxy) is 1. The quantitative estimate of drug-likeness (QED) is 0.407. The molecule has 0 fully saturated rings. The Hall–Kier alpha value is -3.87. The molecule has 4 rings (SSSR count). The third-order valence-electron chi connectivity index (χ3n) is 5.05. The lowest BCUT2D eigenvalue weighted by molar-refractivity contribution is -0.111. The Kier molecular flexibility index (Phi) is 5.33. The highest BCUT2D eigenvalue weighted by molar-refractivity contribution is 6.05. The first-order valence-corrected chi connectivity index (χ1v) is 9.65. The van der Waals surface area contributed by atoms with Gasteiger partial charge in [-0.2, -0.15) is 0 Å². The van der Waals surface area contributed by atoms with Gasteiger partial charge in [0, 0.05) is 34.2 Å². The number of fused-ring (bicyclic) bond motifs is 1. The van der Waals surface area contributed by atoms with Crippen LogP contribution in [0.5, 0.6) is 5.75 Å². The van der Waals surface area contributed by atoms with Gasteiger partial charge in [0.15, 0.2) is 5.82 Å². The summed E-state index contributed by atoms with van der Waals surface area (Å²) >= 11 is 0. The van der Waals surface area contributed by atoms with Crippen molar-refractivity contribution < 1.29 is 22.9 Å². The number of benzene rings is 2. The van der Waals surface area contributed by atoms with Crippen molar-refractivity contribution >= 4 is 28.3 Å². The molecule has 0 atom stereocenters. The summed E-state index contributed by atoms with van der Waals surface area (Å²) in [5, 5.41) is 7.29. The van der Waals surface area contributed by atoms with Gasteiger partial charge in [-0.3, -0.25) is 4.79 Å². The van der Waals surface area contributed by atoms with Crippen molar-refractivity contribution in [2.75, 3.05) is 12.4 Å². The molecular formula is C24H21FN2O4. The topological polar surface area (TPSA) is 77.5 Å². The molecule has 6 nitrogen and oxygen atoms in total. The van der Waals surface area contributed by atoms with Crippen LogP contribution in [0.25, 0.3) is 27.7 Å². The summed E-state index contributed by atoms with van der Waals surface area (Å²) in [6.45, 7) is 5.47. The van der Waals surface area contributed by atoms with E-state index in [0.29, 0.717) is 28.5 Å². The average Bonchev–Trinajstić information content (AvgIpc) is 3.34. The van der Waals surface area contributed by atoms with E-state index >= 15 is 0 Å². The predicted molar refractivity (Wildman–Crippen MR) is 116 cm³/mol. The van der Waals surface area contributed by atoms with Crippen molar-refractivity contribution in [1.82, 2.24) is 5.16 Å². The number of halogens is 1. The molecule has 7 heteroatoms. The molecule has 1 amide bonds. The molecule has 2 heterocycles. The number of carbonyl (C=O) groups is 1. The molecule has 0 radical (unpaired) electrons. The zero-order valence-electron chi connectivity index (χ0n) is 17.6. The van der Waals surface area contributed by atoms with Crippen molar-refractivity contribution in [1.29, 1.82) is 0 Å². The number of anilines is 1. The fourth-order valence-corrected chi connectivity index (χ4v) is 3.59. The van der Waals surface area contributed by atoms with E-state index < -0.39 is 0 Å². The zero-order chi connectivity index (χ0) is 22.1. The molecule has 31 heavy (non-hydrogen) atoms. The third-order valence-corrected chi connectivity index (χ3v) is 5.05. The summed E-state index contributed by atoms with van der Waals surface area (Å²) in [4.78, 5) is 12.5. The van der Waals surface area contributed by atoms with Crippen LogP contribution in [-0.4, -0.2) is 18.2 Å². The number of nitrogens with one attached hydrogen (secondary N) is 1. The number of furan rings is 1. The molecule has 2 aromatic carbocycles. The minimum Gasteiger partial charge on any atom is -0.496 e. The number of hydrogen-bond donors (Lipinski definition) is 1. The van der Waals surface area contributed by atoms with Gasteiger partial charge in [0.25, 0.3) is 0 Å². The van der Waals surface area contributed by atoms with Crippen LogP contribution in [0.15, 0.2) is 57.7 Å². The maximum Gasteiger partial charge on any atom is 0.249 e. The van der Waals surface area contributed by atoms with E-state index in [9.17, 15) is 9.18 Å². The summed E-state index contributed by atoms with van der Waals surface area (Å²) in [5.41, 5.74) is 4.60. The second kappa shape index (κ2) is 8.10. The molecule has 0 aliphatic heterocycles. The molecule has 0 aliphatic carbocycles. The summed E-state index contributed by atoms with van der Waals surface area (Å²) < 4.78 is 29.8. The first-order valence-electron chi connectivity index (χ1n) is 9.65. The summed E-state index contributed by atoms with van der Waals surface area (Å²) in [7, 11) is 1.58. The van der Waals surface area contributed by atoms with Crippen LogP contribution in [0.2, 0.25) is 0 Å². The third kappa shape index (κ3) is 3.94. The first kappa shape index (κ1) is 20.4. The van der Waals surface area contributed by atoms with Gasteiger partial charge in [0.2, 0.25) is 5.91 Å². The Morgan fingerprint density at radius 1 is 1.19 bits per heavy atom. The van der Waals surface area contributed by atoms with Crippen molar-refractivity contribution in [3.8, 4) is 16.9 Å². The van der Waals surface area contributed by atoms with Crippen molar-refractivity contribution in [2.24, 2.45) is 0 Å². The van der Waals surface area contributed by atoms with E-state index in [1.165, 1.54) is 18.2 Å². The average molecular weight is 420 g/mol. The second-order valence-corrected chi connectivity index (χ2v) is 7.25. The molecular weight excluding hydrogens is 399 g/mol. The van der Waals surface area contributed by atoms with E-state index in [-0.39, 0.29) is 11.7 Å². The molecule has 0 aliphatic rings. The lowest BCUT2D eigenvalue weighted by Gasteiger charge is -2.13. The van der Waals surface area contributed by atoms with E-state index in [1.54, 1.807) is 38.5 Å². The highest BCUT2D eigenvalue weighted by Crippen LogP contribution is 2.40. The predicted octanol–water partition coefficient (Wildman–Crippen LogP) is 5.89. The minimum atomic E-state index is -0.337. The second-order valence-electron chi connectivity index (χ2n) is 7.25. The number of carbonyl (C=O) groups excluding carboxylic acids is 1. The van der Waals surface area contributed by atoms with Gasteiger partial charge < -0.3 is 19.0 Å². The highest BCUT2D eigenvalue weighted by atomic mass is 19.1. The summed E-state index contributed by atoms with van der Waals surface area (Å²) in [5.74, 6) is 0.927. The van der Waals surface area contributed by atoms with Crippen LogP contribution in [0.3, 0.4) is 0 Å². The van der Waals surface area contributed by atoms with Gasteiger partial charge in [-0.1, -0.05) is 17.3 Å². The SMILES string of the molecule is COc1c(/C(C)=C/C(=O)Nc2cc(C)on2)cc2c(-c3ccc(F)cc3)coc2c1C. The largest absolute Gasteiger partial charge is 0.496 e. The Bertz CT molecular complexity index is 1300. The Balaban J connectivity index is 1.77. The molecule has 0 spiro atoms. The number of nitrogens with zero attached hydrogens (tertiary/aromatic N) is 1. The molecule has 0 saturated carbocycles. The number of aryl methyl sites for hydroxylation is 2. The van der Waals surface area contributed by atoms with Gasteiger partial charge in [0.1, 0.15) is 22.9 Å². The van der Waals surface area contributed by atoms with Crippen molar-refractivity contribution in [2.45, 2.75) is 20.8 Å². The normalized spacial score (nSPS) is 11.7. The molecule has 4 aromatic rings. The number of hydrogen-bond acceptors (Lipinski definition) is 5. The maximum absolute atomic E-state index is 13.4. The van der Waals surface area contributed by atoms with Gasteiger partial charge in [-0.05, 0) is 50.1 Å². The fourth-order valence-electron chi connectivity index (χ4n) is 3.59. The Morgan fingerprint density at radius 3 is 2.58 bits per heavy atom. The van der Waals surface area contributed by atoms with Crippen LogP contribution in [0.4, 0.5) is 10.2 Å². The standard InChI is InChI=1S/C24H21FN2O4/c1-13(9-22(28)26-21-10-14(2)31-27-21)18-11-19-20(16-5-7-17(25)8-6-16)12-30-24(19)15(3)23(18)29-4/h5-12H,1-4H3,(H,26,27,28)/b13-9+. The smallest absolute Gasteiger partial charge is 0.249 e. The maximum atomic E-state index is 13.4. The minimum absolute atomic E-state index is 0.304. The van der Waals surface area contributed by atoms with Crippen molar-refractivity contribution in [3.05, 3.63) is 71.4 Å². The number of rotatable bonds is 5. The van der Waals surface area contributed by atoms with E-state index in [1.807, 2.05) is 19.9 Å².